The standard InChI is InChI=1S/C15H14Br2FNO/c16-12-8-10(6-7-19)4-5-14(12)20-9-11-2-1-3-13(18)15(11)17/h1-5,8H,6-7,9,19H2. The molecule has 106 valence electrons. The van der Waals surface area contributed by atoms with E-state index in [2.05, 4.69) is 31.9 Å². The monoisotopic (exact) mass is 401 g/mol. The SMILES string of the molecule is NCCc1ccc(OCc2cccc(F)c2Br)c(Br)c1. The van der Waals surface area contributed by atoms with Crippen molar-refractivity contribution in [2.24, 2.45) is 5.73 Å². The largest absolute Gasteiger partial charge is 0.488 e. The quantitative estimate of drug-likeness (QED) is 0.802. The lowest BCUT2D eigenvalue weighted by atomic mass is 10.1. The fourth-order valence-electron chi connectivity index (χ4n) is 1.80. The molecule has 0 saturated carbocycles. The molecule has 0 saturated heterocycles. The van der Waals surface area contributed by atoms with Crippen LogP contribution in [0, 0.1) is 5.82 Å². The van der Waals surface area contributed by atoms with Crippen LogP contribution in [0.3, 0.4) is 0 Å². The van der Waals surface area contributed by atoms with Gasteiger partial charge in [0.25, 0.3) is 0 Å². The van der Waals surface area contributed by atoms with E-state index < -0.39 is 0 Å². The van der Waals surface area contributed by atoms with E-state index in [4.69, 9.17) is 10.5 Å². The average Bonchev–Trinajstić information content (AvgIpc) is 2.42. The van der Waals surface area contributed by atoms with Gasteiger partial charge in [-0.15, -0.1) is 0 Å². The Balaban J connectivity index is 2.09. The van der Waals surface area contributed by atoms with E-state index in [9.17, 15) is 4.39 Å². The smallest absolute Gasteiger partial charge is 0.137 e. The minimum atomic E-state index is -0.288. The minimum absolute atomic E-state index is 0.288. The third kappa shape index (κ3) is 3.81. The molecule has 0 atom stereocenters. The summed E-state index contributed by atoms with van der Waals surface area (Å²) in [6.45, 7) is 0.913. The zero-order valence-electron chi connectivity index (χ0n) is 10.7. The van der Waals surface area contributed by atoms with Crippen LogP contribution < -0.4 is 10.5 Å². The Hall–Kier alpha value is -0.910. The predicted octanol–water partition coefficient (Wildman–Crippen LogP) is 4.43. The van der Waals surface area contributed by atoms with E-state index in [1.807, 2.05) is 24.3 Å². The van der Waals surface area contributed by atoms with Gasteiger partial charge in [-0.25, -0.2) is 4.39 Å². The lowest BCUT2D eigenvalue weighted by Gasteiger charge is -2.11. The zero-order chi connectivity index (χ0) is 14.5. The predicted molar refractivity (Wildman–Crippen MR) is 85.3 cm³/mol. The van der Waals surface area contributed by atoms with Crippen LogP contribution >= 0.6 is 31.9 Å². The number of rotatable bonds is 5. The molecule has 2 N–H and O–H groups in total. The topological polar surface area (TPSA) is 35.2 Å². The molecule has 2 nitrogen and oxygen atoms in total. The highest BCUT2D eigenvalue weighted by molar-refractivity contribution is 9.10. The van der Waals surface area contributed by atoms with Crippen molar-refractivity contribution >= 4 is 31.9 Å². The summed E-state index contributed by atoms with van der Waals surface area (Å²) in [4.78, 5) is 0. The molecule has 0 aliphatic rings. The molecular formula is C15H14Br2FNO. The molecule has 5 heteroatoms. The lowest BCUT2D eigenvalue weighted by Crippen LogP contribution is -2.03. The number of halogens is 3. The molecule has 0 fully saturated rings. The number of ether oxygens (including phenoxy) is 1. The highest BCUT2D eigenvalue weighted by Crippen LogP contribution is 2.28. The van der Waals surface area contributed by atoms with Gasteiger partial charge in [0.1, 0.15) is 18.2 Å². The summed E-state index contributed by atoms with van der Waals surface area (Å²) in [5.41, 5.74) is 7.45. The van der Waals surface area contributed by atoms with Crippen molar-refractivity contribution in [1.82, 2.24) is 0 Å². The fraction of sp³-hybridized carbons (Fsp3) is 0.200. The van der Waals surface area contributed by atoms with Crippen LogP contribution in [0.5, 0.6) is 5.75 Å². The molecule has 0 amide bonds. The Morgan fingerprint density at radius 1 is 1.15 bits per heavy atom. The first kappa shape index (κ1) is 15.5. The van der Waals surface area contributed by atoms with Crippen LogP contribution in [0.4, 0.5) is 4.39 Å². The van der Waals surface area contributed by atoms with Gasteiger partial charge in [-0.3, -0.25) is 0 Å². The third-order valence-corrected chi connectivity index (χ3v) is 4.35. The van der Waals surface area contributed by atoms with Crippen LogP contribution in [0.1, 0.15) is 11.1 Å². The molecule has 0 unspecified atom stereocenters. The van der Waals surface area contributed by atoms with Crippen LogP contribution in [0.25, 0.3) is 0 Å². The van der Waals surface area contributed by atoms with Crippen LogP contribution in [-0.2, 0) is 13.0 Å². The van der Waals surface area contributed by atoms with E-state index in [0.717, 1.165) is 27.8 Å². The third-order valence-electron chi connectivity index (χ3n) is 2.84. The van der Waals surface area contributed by atoms with Gasteiger partial charge in [-0.05, 0) is 68.6 Å². The molecule has 2 aromatic rings. The molecule has 0 aliphatic carbocycles. The molecule has 20 heavy (non-hydrogen) atoms. The van der Waals surface area contributed by atoms with Gasteiger partial charge in [-0.2, -0.15) is 0 Å². The van der Waals surface area contributed by atoms with E-state index in [-0.39, 0.29) is 5.82 Å². The van der Waals surface area contributed by atoms with Crippen molar-refractivity contribution in [1.29, 1.82) is 0 Å². The van der Waals surface area contributed by atoms with Crippen LogP contribution in [0.2, 0.25) is 0 Å². The Kier molecular flexibility index (Phi) is 5.57. The first-order valence-electron chi connectivity index (χ1n) is 6.16. The van der Waals surface area contributed by atoms with Crippen molar-refractivity contribution in [2.45, 2.75) is 13.0 Å². The van der Waals surface area contributed by atoms with Gasteiger partial charge in [0, 0.05) is 5.56 Å². The van der Waals surface area contributed by atoms with Gasteiger partial charge < -0.3 is 10.5 Å². The maximum absolute atomic E-state index is 13.4. The van der Waals surface area contributed by atoms with Crippen molar-refractivity contribution in [2.75, 3.05) is 6.54 Å². The van der Waals surface area contributed by atoms with Gasteiger partial charge in [-0.1, -0.05) is 18.2 Å². The molecule has 0 aromatic heterocycles. The summed E-state index contributed by atoms with van der Waals surface area (Å²) in [6, 6.07) is 10.8. The summed E-state index contributed by atoms with van der Waals surface area (Å²) in [7, 11) is 0. The van der Waals surface area contributed by atoms with Crippen LogP contribution in [-0.4, -0.2) is 6.54 Å². The summed E-state index contributed by atoms with van der Waals surface area (Å²) < 4.78 is 20.4. The molecule has 0 heterocycles. The first-order valence-corrected chi connectivity index (χ1v) is 7.74. The van der Waals surface area contributed by atoms with Gasteiger partial charge in [0.05, 0.1) is 8.95 Å². The second-order valence-electron chi connectivity index (χ2n) is 4.31. The number of hydrogen-bond acceptors (Lipinski definition) is 2. The Morgan fingerprint density at radius 2 is 1.95 bits per heavy atom. The first-order chi connectivity index (χ1) is 9.61. The average molecular weight is 403 g/mol. The van der Waals surface area contributed by atoms with Crippen molar-refractivity contribution in [3.63, 3.8) is 0 Å². The Morgan fingerprint density at radius 3 is 2.65 bits per heavy atom. The highest BCUT2D eigenvalue weighted by Gasteiger charge is 2.07. The molecule has 2 rings (SSSR count). The van der Waals surface area contributed by atoms with Crippen molar-refractivity contribution in [3.05, 3.63) is 62.3 Å². The van der Waals surface area contributed by atoms with Crippen molar-refractivity contribution in [3.8, 4) is 5.75 Å². The number of hydrogen-bond donors (Lipinski definition) is 1. The van der Waals surface area contributed by atoms with E-state index in [1.165, 1.54) is 6.07 Å². The summed E-state index contributed by atoms with van der Waals surface area (Å²) in [5.74, 6) is 0.436. The second-order valence-corrected chi connectivity index (χ2v) is 5.95. The van der Waals surface area contributed by atoms with Crippen LogP contribution in [0.15, 0.2) is 45.3 Å². The number of benzene rings is 2. The van der Waals surface area contributed by atoms with E-state index in [0.29, 0.717) is 17.6 Å². The van der Waals surface area contributed by atoms with E-state index >= 15 is 0 Å². The highest BCUT2D eigenvalue weighted by atomic mass is 79.9. The Labute approximate surface area is 134 Å². The summed E-state index contributed by atoms with van der Waals surface area (Å²) >= 11 is 6.70. The molecule has 0 radical (unpaired) electrons. The maximum atomic E-state index is 13.4. The minimum Gasteiger partial charge on any atom is -0.488 e. The van der Waals surface area contributed by atoms with Gasteiger partial charge >= 0.3 is 0 Å². The fourth-order valence-corrected chi connectivity index (χ4v) is 2.72. The summed E-state index contributed by atoms with van der Waals surface area (Å²) in [5, 5.41) is 0. The zero-order valence-corrected chi connectivity index (χ0v) is 13.9. The molecule has 2 aromatic carbocycles. The Bertz CT molecular complexity index is 604. The van der Waals surface area contributed by atoms with Gasteiger partial charge in [0.15, 0.2) is 0 Å². The van der Waals surface area contributed by atoms with E-state index in [1.54, 1.807) is 6.07 Å². The summed E-state index contributed by atoms with van der Waals surface area (Å²) in [6.07, 6.45) is 0.828. The molecule has 0 spiro atoms. The second kappa shape index (κ2) is 7.20. The number of nitrogens with two attached hydrogens (primary N) is 1. The molecular weight excluding hydrogens is 389 g/mol. The molecule has 0 aliphatic heterocycles. The molecule has 0 bridgehead atoms. The van der Waals surface area contributed by atoms with Crippen molar-refractivity contribution < 1.29 is 9.13 Å². The van der Waals surface area contributed by atoms with Gasteiger partial charge in [0.2, 0.25) is 0 Å². The maximum Gasteiger partial charge on any atom is 0.137 e. The lowest BCUT2D eigenvalue weighted by molar-refractivity contribution is 0.302. The normalized spacial score (nSPS) is 10.6.